The number of ether oxygens (including phenoxy) is 1. The Kier molecular flexibility index (Phi) is 6.65. The Morgan fingerprint density at radius 1 is 1.14 bits per heavy atom. The minimum Gasteiger partial charge on any atom is -0.365 e. The van der Waals surface area contributed by atoms with Crippen molar-refractivity contribution < 1.29 is 9.53 Å². The van der Waals surface area contributed by atoms with Gasteiger partial charge in [0.15, 0.2) is 6.10 Å². The second kappa shape index (κ2) is 9.39. The molecule has 1 aliphatic carbocycles. The van der Waals surface area contributed by atoms with E-state index in [0.717, 1.165) is 13.1 Å². The topological polar surface area (TPSA) is 36.0 Å². The summed E-state index contributed by atoms with van der Waals surface area (Å²) < 4.78 is 6.18. The van der Waals surface area contributed by atoms with E-state index in [9.17, 15) is 4.79 Å². The van der Waals surface area contributed by atoms with E-state index in [1.54, 1.807) is 11.3 Å². The molecule has 6 heteroatoms. The summed E-state index contributed by atoms with van der Waals surface area (Å²) in [6.45, 7) is 3.71. The summed E-state index contributed by atoms with van der Waals surface area (Å²) in [5.74, 6) is 0.111. The number of rotatable bonds is 8. The molecule has 0 N–H and O–H groups in total. The van der Waals surface area contributed by atoms with Gasteiger partial charge in [0, 0.05) is 30.6 Å². The second-order valence-electron chi connectivity index (χ2n) is 8.26. The lowest BCUT2D eigenvalue weighted by atomic mass is 9.96. The molecule has 2 fully saturated rings. The van der Waals surface area contributed by atoms with Crippen LogP contribution in [-0.4, -0.2) is 73.1 Å². The molecule has 2 aliphatic rings. The number of thiophene rings is 1. The standard InChI is InChI=1S/C23H31N3O2S/c1-24(2)12-13-25(17-20-9-6-16-29-20)23(27)22-21(18-7-4-3-5-8-18)26(14-15-28-22)19-10-11-19/h3-9,16,19,21-22H,10-15,17H2,1-2H3/t21-,22+/m0/s1. The number of carbonyl (C=O) groups is 1. The smallest absolute Gasteiger partial charge is 0.254 e. The molecule has 2 aromatic rings. The van der Waals surface area contributed by atoms with Crippen LogP contribution in [0, 0.1) is 0 Å². The number of carbonyl (C=O) groups excluding carboxylic acids is 1. The molecule has 0 radical (unpaired) electrons. The van der Waals surface area contributed by atoms with Gasteiger partial charge in [-0.05, 0) is 43.9 Å². The van der Waals surface area contributed by atoms with Crippen LogP contribution in [0.3, 0.4) is 0 Å². The number of morpholine rings is 1. The highest BCUT2D eigenvalue weighted by Crippen LogP contribution is 2.39. The van der Waals surface area contributed by atoms with Crippen molar-refractivity contribution >= 4 is 17.2 Å². The molecule has 2 heterocycles. The molecule has 156 valence electrons. The monoisotopic (exact) mass is 413 g/mol. The third-order valence-corrected chi connectivity index (χ3v) is 6.61. The van der Waals surface area contributed by atoms with E-state index in [2.05, 4.69) is 45.5 Å². The molecule has 1 saturated carbocycles. The normalized spacial score (nSPS) is 22.7. The van der Waals surface area contributed by atoms with Crippen molar-refractivity contribution in [2.75, 3.05) is 40.3 Å². The van der Waals surface area contributed by atoms with Crippen LogP contribution >= 0.6 is 11.3 Å². The van der Waals surface area contributed by atoms with Gasteiger partial charge in [-0.2, -0.15) is 0 Å². The number of benzene rings is 1. The van der Waals surface area contributed by atoms with Gasteiger partial charge in [0.05, 0.1) is 19.2 Å². The minimum atomic E-state index is -0.450. The van der Waals surface area contributed by atoms with Crippen molar-refractivity contribution in [3.63, 3.8) is 0 Å². The van der Waals surface area contributed by atoms with Crippen LogP contribution in [0.2, 0.25) is 0 Å². The van der Waals surface area contributed by atoms with Crippen molar-refractivity contribution in [1.82, 2.24) is 14.7 Å². The van der Waals surface area contributed by atoms with E-state index in [1.807, 2.05) is 31.1 Å². The summed E-state index contributed by atoms with van der Waals surface area (Å²) in [6.07, 6.45) is 2.00. The third-order valence-electron chi connectivity index (χ3n) is 5.75. The fourth-order valence-electron chi connectivity index (χ4n) is 4.09. The molecule has 1 aliphatic heterocycles. The fourth-order valence-corrected chi connectivity index (χ4v) is 4.81. The number of hydrogen-bond donors (Lipinski definition) is 0. The maximum atomic E-state index is 13.8. The van der Waals surface area contributed by atoms with Gasteiger partial charge in [0.1, 0.15) is 0 Å². The summed E-state index contributed by atoms with van der Waals surface area (Å²) in [5, 5.41) is 2.07. The average molecular weight is 414 g/mol. The van der Waals surface area contributed by atoms with Crippen LogP contribution in [0.1, 0.15) is 29.3 Å². The fraction of sp³-hybridized carbons (Fsp3) is 0.522. The van der Waals surface area contributed by atoms with Crippen LogP contribution in [0.5, 0.6) is 0 Å². The maximum Gasteiger partial charge on any atom is 0.254 e. The van der Waals surface area contributed by atoms with Gasteiger partial charge in [0.2, 0.25) is 0 Å². The Balaban J connectivity index is 1.59. The molecule has 0 spiro atoms. The first-order chi connectivity index (χ1) is 14.1. The van der Waals surface area contributed by atoms with Crippen molar-refractivity contribution in [3.8, 4) is 0 Å². The van der Waals surface area contributed by atoms with Gasteiger partial charge in [0.25, 0.3) is 5.91 Å². The van der Waals surface area contributed by atoms with Crippen LogP contribution < -0.4 is 0 Å². The van der Waals surface area contributed by atoms with Crippen LogP contribution in [-0.2, 0) is 16.1 Å². The van der Waals surface area contributed by atoms with Gasteiger partial charge in [-0.15, -0.1) is 11.3 Å². The molecule has 0 unspecified atom stereocenters. The highest BCUT2D eigenvalue weighted by Gasteiger charge is 2.45. The largest absolute Gasteiger partial charge is 0.365 e. The molecule has 2 atom stereocenters. The van der Waals surface area contributed by atoms with Crippen LogP contribution in [0.4, 0.5) is 0 Å². The summed E-state index contributed by atoms with van der Waals surface area (Å²) in [6, 6.07) is 15.2. The van der Waals surface area contributed by atoms with Crippen LogP contribution in [0.25, 0.3) is 0 Å². The Hall–Kier alpha value is -1.73. The molecule has 1 amide bonds. The summed E-state index contributed by atoms with van der Waals surface area (Å²) in [7, 11) is 4.10. The molecule has 29 heavy (non-hydrogen) atoms. The summed E-state index contributed by atoms with van der Waals surface area (Å²) in [4.78, 5) is 21.6. The van der Waals surface area contributed by atoms with Crippen LogP contribution in [0.15, 0.2) is 47.8 Å². The van der Waals surface area contributed by atoms with Gasteiger partial charge in [-0.25, -0.2) is 0 Å². The van der Waals surface area contributed by atoms with Crippen molar-refractivity contribution in [3.05, 3.63) is 58.3 Å². The Morgan fingerprint density at radius 2 is 1.93 bits per heavy atom. The highest BCUT2D eigenvalue weighted by molar-refractivity contribution is 7.09. The average Bonchev–Trinajstić information content (AvgIpc) is 3.46. The zero-order valence-electron chi connectivity index (χ0n) is 17.4. The lowest BCUT2D eigenvalue weighted by Crippen LogP contribution is -2.54. The quantitative estimate of drug-likeness (QED) is 0.666. The highest BCUT2D eigenvalue weighted by atomic mass is 32.1. The van der Waals surface area contributed by atoms with E-state index >= 15 is 0 Å². The predicted octanol–water partition coefficient (Wildman–Crippen LogP) is 3.24. The number of amides is 1. The summed E-state index contributed by atoms with van der Waals surface area (Å²) in [5.41, 5.74) is 1.18. The first-order valence-electron chi connectivity index (χ1n) is 10.5. The summed E-state index contributed by atoms with van der Waals surface area (Å²) >= 11 is 1.70. The second-order valence-corrected chi connectivity index (χ2v) is 9.29. The van der Waals surface area contributed by atoms with E-state index in [0.29, 0.717) is 25.7 Å². The van der Waals surface area contributed by atoms with Gasteiger partial charge in [-0.1, -0.05) is 36.4 Å². The minimum absolute atomic E-state index is 0.00450. The zero-order valence-corrected chi connectivity index (χ0v) is 18.2. The molecule has 1 saturated heterocycles. The Bertz CT molecular complexity index is 777. The molecular formula is C23H31N3O2S. The lowest BCUT2D eigenvalue weighted by Gasteiger charge is -2.42. The number of likely N-dealkylation sites (N-methyl/N-ethyl adjacent to an activating group) is 1. The van der Waals surface area contributed by atoms with E-state index < -0.39 is 6.10 Å². The molecular weight excluding hydrogens is 382 g/mol. The Labute approximate surface area is 177 Å². The van der Waals surface area contributed by atoms with Crippen molar-refractivity contribution in [2.45, 2.75) is 37.6 Å². The molecule has 4 rings (SSSR count). The Morgan fingerprint density at radius 3 is 2.59 bits per heavy atom. The van der Waals surface area contributed by atoms with Gasteiger partial charge in [-0.3, -0.25) is 9.69 Å². The lowest BCUT2D eigenvalue weighted by molar-refractivity contribution is -0.158. The number of nitrogens with zero attached hydrogens (tertiary/aromatic N) is 3. The third kappa shape index (κ3) is 5.07. The first-order valence-corrected chi connectivity index (χ1v) is 11.4. The predicted molar refractivity (Wildman–Crippen MR) is 117 cm³/mol. The zero-order chi connectivity index (χ0) is 20.2. The molecule has 0 bridgehead atoms. The first kappa shape index (κ1) is 20.5. The van der Waals surface area contributed by atoms with Crippen molar-refractivity contribution in [2.24, 2.45) is 0 Å². The molecule has 1 aromatic heterocycles. The molecule has 1 aromatic carbocycles. The van der Waals surface area contributed by atoms with Gasteiger partial charge < -0.3 is 14.5 Å². The number of hydrogen-bond acceptors (Lipinski definition) is 5. The van der Waals surface area contributed by atoms with Crippen molar-refractivity contribution in [1.29, 1.82) is 0 Å². The SMILES string of the molecule is CN(C)CCN(Cc1cccs1)C(=O)[C@@H]1OCCN(C2CC2)[C@H]1c1ccccc1. The maximum absolute atomic E-state index is 13.8. The van der Waals surface area contributed by atoms with E-state index in [1.165, 1.54) is 23.3 Å². The van der Waals surface area contributed by atoms with E-state index in [-0.39, 0.29) is 11.9 Å². The van der Waals surface area contributed by atoms with E-state index in [4.69, 9.17) is 4.74 Å². The van der Waals surface area contributed by atoms with Gasteiger partial charge >= 0.3 is 0 Å². The molecule has 5 nitrogen and oxygen atoms in total.